The van der Waals surface area contributed by atoms with Crippen molar-refractivity contribution in [2.75, 3.05) is 20.1 Å². The first-order valence-electron chi connectivity index (χ1n) is 5.75. The van der Waals surface area contributed by atoms with Gasteiger partial charge < -0.3 is 10.6 Å². The summed E-state index contributed by atoms with van der Waals surface area (Å²) in [7, 11) is 1.74. The van der Waals surface area contributed by atoms with Crippen molar-refractivity contribution in [1.82, 2.24) is 10.6 Å². The Morgan fingerprint density at radius 2 is 2.00 bits per heavy atom. The molecule has 0 spiro atoms. The Hall–Kier alpha value is -0.570. The fraction of sp³-hybridized carbons (Fsp3) is 0.909. The van der Waals surface area contributed by atoms with Crippen LogP contribution >= 0.6 is 0 Å². The molecule has 2 atom stereocenters. The fourth-order valence-electron chi connectivity index (χ4n) is 3.05. The Kier molecular flexibility index (Phi) is 3.06. The predicted molar refractivity (Wildman–Crippen MR) is 55.9 cm³/mol. The van der Waals surface area contributed by atoms with Crippen molar-refractivity contribution in [2.45, 2.75) is 25.7 Å². The van der Waals surface area contributed by atoms with E-state index in [-0.39, 0.29) is 11.8 Å². The quantitative estimate of drug-likeness (QED) is 0.684. The summed E-state index contributed by atoms with van der Waals surface area (Å²) in [5.74, 6) is 1.85. The van der Waals surface area contributed by atoms with Gasteiger partial charge in [-0.2, -0.15) is 0 Å². The summed E-state index contributed by atoms with van der Waals surface area (Å²) >= 11 is 0. The van der Waals surface area contributed by atoms with Crippen LogP contribution in [-0.2, 0) is 4.79 Å². The molecule has 2 fully saturated rings. The topological polar surface area (TPSA) is 41.1 Å². The molecule has 80 valence electrons. The highest BCUT2D eigenvalue weighted by Gasteiger charge is 2.38. The van der Waals surface area contributed by atoms with Crippen LogP contribution in [0.1, 0.15) is 25.7 Å². The van der Waals surface area contributed by atoms with Crippen LogP contribution in [-0.4, -0.2) is 26.0 Å². The second-order valence-corrected chi connectivity index (χ2v) is 4.59. The number of hydrogen-bond acceptors (Lipinski definition) is 2. The van der Waals surface area contributed by atoms with E-state index in [2.05, 4.69) is 10.6 Å². The summed E-state index contributed by atoms with van der Waals surface area (Å²) < 4.78 is 0. The first-order valence-corrected chi connectivity index (χ1v) is 5.75. The van der Waals surface area contributed by atoms with E-state index in [4.69, 9.17) is 0 Å². The molecule has 1 aliphatic carbocycles. The molecule has 2 rings (SSSR count). The normalized spacial score (nSPS) is 33.5. The van der Waals surface area contributed by atoms with Crippen LogP contribution in [0.4, 0.5) is 0 Å². The molecule has 14 heavy (non-hydrogen) atoms. The van der Waals surface area contributed by atoms with E-state index in [1.165, 1.54) is 25.7 Å². The van der Waals surface area contributed by atoms with Gasteiger partial charge in [-0.3, -0.25) is 4.79 Å². The third-order valence-corrected chi connectivity index (χ3v) is 3.85. The van der Waals surface area contributed by atoms with Crippen molar-refractivity contribution < 1.29 is 4.79 Å². The molecule has 0 aromatic rings. The molecule has 3 heteroatoms. The monoisotopic (exact) mass is 196 g/mol. The summed E-state index contributed by atoms with van der Waals surface area (Å²) in [6, 6.07) is 0. The standard InChI is InChI=1S/C11H20N2O/c1-12-11(14)10-7-13-6-9(10)8-4-2-3-5-8/h8-10,13H,2-7H2,1H3,(H,12,14)/t9-,10+/m1/s1. The number of amides is 1. The summed E-state index contributed by atoms with van der Waals surface area (Å²) in [5.41, 5.74) is 0. The second kappa shape index (κ2) is 4.30. The lowest BCUT2D eigenvalue weighted by molar-refractivity contribution is -0.125. The average Bonchev–Trinajstić information content (AvgIpc) is 2.85. The molecule has 2 N–H and O–H groups in total. The molecule has 0 aromatic carbocycles. The third kappa shape index (κ3) is 1.78. The summed E-state index contributed by atoms with van der Waals surface area (Å²) in [6.07, 6.45) is 5.39. The highest BCUT2D eigenvalue weighted by molar-refractivity contribution is 5.79. The van der Waals surface area contributed by atoms with E-state index in [0.29, 0.717) is 5.92 Å². The maximum atomic E-state index is 11.6. The molecular weight excluding hydrogens is 176 g/mol. The molecule has 3 nitrogen and oxygen atoms in total. The smallest absolute Gasteiger partial charge is 0.224 e. The summed E-state index contributed by atoms with van der Waals surface area (Å²) in [5, 5.41) is 6.14. The Morgan fingerprint density at radius 3 is 2.64 bits per heavy atom. The first-order chi connectivity index (χ1) is 6.83. The van der Waals surface area contributed by atoms with Gasteiger partial charge in [0.05, 0.1) is 5.92 Å². The highest BCUT2D eigenvalue weighted by atomic mass is 16.1. The Morgan fingerprint density at radius 1 is 1.29 bits per heavy atom. The van der Waals surface area contributed by atoms with E-state index in [0.717, 1.165) is 19.0 Å². The van der Waals surface area contributed by atoms with Gasteiger partial charge in [0.25, 0.3) is 0 Å². The molecule has 0 aromatic heterocycles. The van der Waals surface area contributed by atoms with E-state index in [1.807, 2.05) is 0 Å². The van der Waals surface area contributed by atoms with Crippen LogP contribution in [0, 0.1) is 17.8 Å². The fourth-order valence-corrected chi connectivity index (χ4v) is 3.05. The molecule has 1 saturated heterocycles. The lowest BCUT2D eigenvalue weighted by Crippen LogP contribution is -2.34. The van der Waals surface area contributed by atoms with E-state index in [9.17, 15) is 4.79 Å². The first kappa shape index (κ1) is 9.97. The maximum absolute atomic E-state index is 11.6. The van der Waals surface area contributed by atoms with Crippen molar-refractivity contribution in [2.24, 2.45) is 17.8 Å². The van der Waals surface area contributed by atoms with Crippen LogP contribution in [0.2, 0.25) is 0 Å². The summed E-state index contributed by atoms with van der Waals surface area (Å²) in [6.45, 7) is 1.92. The molecule has 2 aliphatic rings. The SMILES string of the molecule is CNC(=O)[C@H]1CNC[C@@H]1C1CCCC1. The van der Waals surface area contributed by atoms with Gasteiger partial charge in [-0.05, 0) is 18.4 Å². The maximum Gasteiger partial charge on any atom is 0.224 e. The Balaban J connectivity index is 1.98. The number of hydrogen-bond donors (Lipinski definition) is 2. The van der Waals surface area contributed by atoms with Crippen LogP contribution in [0.15, 0.2) is 0 Å². The minimum Gasteiger partial charge on any atom is -0.359 e. The molecule has 0 unspecified atom stereocenters. The average molecular weight is 196 g/mol. The minimum absolute atomic E-state index is 0.225. The van der Waals surface area contributed by atoms with Gasteiger partial charge in [0.2, 0.25) is 5.91 Å². The zero-order valence-electron chi connectivity index (χ0n) is 8.88. The molecule has 1 heterocycles. The lowest BCUT2D eigenvalue weighted by atomic mass is 9.82. The molecule has 0 radical (unpaired) electrons. The molecule has 0 bridgehead atoms. The van der Waals surface area contributed by atoms with E-state index < -0.39 is 0 Å². The zero-order valence-corrected chi connectivity index (χ0v) is 8.88. The van der Waals surface area contributed by atoms with Crippen LogP contribution < -0.4 is 10.6 Å². The van der Waals surface area contributed by atoms with Crippen molar-refractivity contribution in [3.63, 3.8) is 0 Å². The predicted octanol–water partition coefficient (Wildman–Crippen LogP) is 0.758. The van der Waals surface area contributed by atoms with Gasteiger partial charge in [-0.15, -0.1) is 0 Å². The number of rotatable bonds is 2. The van der Waals surface area contributed by atoms with Gasteiger partial charge in [0, 0.05) is 13.6 Å². The second-order valence-electron chi connectivity index (χ2n) is 4.59. The molecule has 1 amide bonds. The van der Waals surface area contributed by atoms with Crippen LogP contribution in [0.5, 0.6) is 0 Å². The Bertz CT molecular complexity index is 211. The van der Waals surface area contributed by atoms with Crippen molar-refractivity contribution in [1.29, 1.82) is 0 Å². The zero-order chi connectivity index (χ0) is 9.97. The van der Waals surface area contributed by atoms with Crippen LogP contribution in [0.3, 0.4) is 0 Å². The number of nitrogens with one attached hydrogen (secondary N) is 2. The van der Waals surface area contributed by atoms with Gasteiger partial charge in [-0.25, -0.2) is 0 Å². The van der Waals surface area contributed by atoms with Crippen molar-refractivity contribution >= 4 is 5.91 Å². The highest BCUT2D eigenvalue weighted by Crippen LogP contribution is 2.36. The lowest BCUT2D eigenvalue weighted by Gasteiger charge is -2.22. The summed E-state index contributed by atoms with van der Waals surface area (Å²) in [4.78, 5) is 11.6. The molecule has 1 aliphatic heterocycles. The van der Waals surface area contributed by atoms with Gasteiger partial charge in [0.15, 0.2) is 0 Å². The number of carbonyl (C=O) groups excluding carboxylic acids is 1. The van der Waals surface area contributed by atoms with E-state index >= 15 is 0 Å². The molecular formula is C11H20N2O. The largest absolute Gasteiger partial charge is 0.359 e. The van der Waals surface area contributed by atoms with Gasteiger partial charge in [0.1, 0.15) is 0 Å². The van der Waals surface area contributed by atoms with Gasteiger partial charge in [-0.1, -0.05) is 25.7 Å². The van der Waals surface area contributed by atoms with Crippen molar-refractivity contribution in [3.8, 4) is 0 Å². The number of carbonyl (C=O) groups is 1. The van der Waals surface area contributed by atoms with Crippen molar-refractivity contribution in [3.05, 3.63) is 0 Å². The molecule has 1 saturated carbocycles. The van der Waals surface area contributed by atoms with Gasteiger partial charge >= 0.3 is 0 Å². The Labute approximate surface area is 85.6 Å². The van der Waals surface area contributed by atoms with E-state index in [1.54, 1.807) is 7.05 Å². The van der Waals surface area contributed by atoms with Crippen LogP contribution in [0.25, 0.3) is 0 Å². The third-order valence-electron chi connectivity index (χ3n) is 3.85. The minimum atomic E-state index is 0.225.